The smallest absolute Gasteiger partial charge is 0.274 e. The highest BCUT2D eigenvalue weighted by atomic mass is 32.2. The van der Waals surface area contributed by atoms with Crippen LogP contribution in [0.3, 0.4) is 0 Å². The van der Waals surface area contributed by atoms with Crippen molar-refractivity contribution in [1.29, 1.82) is 0 Å². The molecule has 9 heteroatoms. The number of thiazole rings is 1. The average Bonchev–Trinajstić information content (AvgIpc) is 2.84. The van der Waals surface area contributed by atoms with Gasteiger partial charge in [-0.15, -0.1) is 6.20 Å². The Balaban J connectivity index is 2.18. The molecule has 0 spiro atoms. The first-order valence-electron chi connectivity index (χ1n) is 5.47. The summed E-state index contributed by atoms with van der Waals surface area (Å²) >= 11 is 3.11. The van der Waals surface area contributed by atoms with Crippen LogP contribution in [0, 0.1) is 16.3 Å². The van der Waals surface area contributed by atoms with E-state index in [1.165, 1.54) is 11.3 Å². The Morgan fingerprint density at radius 2 is 2.53 bits per heavy atom. The minimum atomic E-state index is -0.505. The molecule has 0 aromatic carbocycles. The van der Waals surface area contributed by atoms with Crippen molar-refractivity contribution in [2.45, 2.75) is 12.4 Å². The number of nitro groups is 1. The van der Waals surface area contributed by atoms with Crippen LogP contribution in [-0.4, -0.2) is 34.4 Å². The molecule has 106 valence electrons. The molecule has 1 rings (SSSR count). The third-order valence-corrected chi connectivity index (χ3v) is 4.09. The highest BCUT2D eigenvalue weighted by Crippen LogP contribution is 2.18. The van der Waals surface area contributed by atoms with Crippen LogP contribution < -0.4 is 10.6 Å². The number of rotatable bonds is 9. The topological polar surface area (TPSA) is 100 Å². The summed E-state index contributed by atoms with van der Waals surface area (Å²) in [6.45, 7) is 0.571. The van der Waals surface area contributed by atoms with Crippen LogP contribution in [0.4, 0.5) is 0 Å². The second-order valence-electron chi connectivity index (χ2n) is 3.36. The van der Waals surface area contributed by atoms with Gasteiger partial charge in [0.05, 0.1) is 4.92 Å². The Morgan fingerprint density at radius 1 is 1.74 bits per heavy atom. The summed E-state index contributed by atoms with van der Waals surface area (Å²) < 4.78 is 0. The molecule has 0 aliphatic rings. The minimum Gasteiger partial charge on any atom is -0.443 e. The molecule has 1 aromatic rings. The Morgan fingerprint density at radius 3 is 3.11 bits per heavy atom. The lowest BCUT2D eigenvalue weighted by molar-refractivity contribution is -0.404. The van der Waals surface area contributed by atoms with Crippen LogP contribution in [0.2, 0.25) is 0 Å². The van der Waals surface area contributed by atoms with Gasteiger partial charge in [-0.2, -0.15) is 11.8 Å². The zero-order valence-corrected chi connectivity index (χ0v) is 12.0. The van der Waals surface area contributed by atoms with Crippen molar-refractivity contribution in [1.82, 2.24) is 15.6 Å². The summed E-state index contributed by atoms with van der Waals surface area (Å²) in [5.41, 5.74) is 0. The maximum atomic E-state index is 10.3. The zero-order chi connectivity index (χ0) is 14.1. The fraction of sp³-hybridized carbons (Fsp3) is 0.500. The molecule has 0 saturated heterocycles. The molecule has 0 bridgehead atoms. The third kappa shape index (κ3) is 6.41. The number of aromatic nitrogens is 1. The molecule has 0 aliphatic heterocycles. The molecule has 1 aromatic heterocycles. The number of aliphatic hydroxyl groups excluding tert-OH is 1. The first-order valence-corrected chi connectivity index (χ1v) is 7.44. The van der Waals surface area contributed by atoms with E-state index >= 15 is 0 Å². The fourth-order valence-corrected chi connectivity index (χ4v) is 2.83. The predicted molar refractivity (Wildman–Crippen MR) is 75.2 cm³/mol. The van der Waals surface area contributed by atoms with E-state index < -0.39 is 4.92 Å². The Hall–Kier alpha value is -1.32. The van der Waals surface area contributed by atoms with Gasteiger partial charge in [0.25, 0.3) is 6.20 Å². The van der Waals surface area contributed by atoms with E-state index in [1.54, 1.807) is 18.8 Å². The average molecular weight is 303 g/mol. The van der Waals surface area contributed by atoms with Crippen LogP contribution >= 0.6 is 23.1 Å². The van der Waals surface area contributed by atoms with Gasteiger partial charge >= 0.3 is 0 Å². The quantitative estimate of drug-likeness (QED) is 0.265. The van der Waals surface area contributed by atoms with Crippen molar-refractivity contribution < 1.29 is 10.0 Å². The Bertz CT molecular complexity index is 436. The molecule has 7 nitrogen and oxygen atoms in total. The molecular weight excluding hydrogens is 288 g/mol. The minimum absolute atomic E-state index is 0.0510. The van der Waals surface area contributed by atoms with Gasteiger partial charge in [-0.05, 0) is 5.01 Å². The maximum absolute atomic E-state index is 10.3. The van der Waals surface area contributed by atoms with E-state index in [2.05, 4.69) is 21.8 Å². The lowest BCUT2D eigenvalue weighted by atomic mass is 10.6. The standard InChI is InChI=1S/C10H15N4O3S2/c1-11-9(5-14(16)17)12-2-3-18-7-8-4-13-10(6-15)19-8/h5,11-12,15H,2-3,6-7H2,1H3/q-1. The van der Waals surface area contributed by atoms with Gasteiger partial charge in [-0.25, -0.2) is 11.3 Å². The fourth-order valence-electron chi connectivity index (χ4n) is 1.17. The van der Waals surface area contributed by atoms with E-state index in [0.29, 0.717) is 17.4 Å². The zero-order valence-electron chi connectivity index (χ0n) is 10.4. The molecule has 3 N–H and O–H groups in total. The first kappa shape index (κ1) is 15.7. The van der Waals surface area contributed by atoms with E-state index in [4.69, 9.17) is 5.11 Å². The maximum Gasteiger partial charge on any atom is 0.274 e. The number of aliphatic hydroxyl groups is 1. The predicted octanol–water partition coefficient (Wildman–Crippen LogP) is 0.553. The molecule has 0 aliphatic carbocycles. The van der Waals surface area contributed by atoms with Gasteiger partial charge in [0.15, 0.2) is 5.82 Å². The van der Waals surface area contributed by atoms with E-state index in [1.807, 2.05) is 0 Å². The van der Waals surface area contributed by atoms with Gasteiger partial charge in [-0.3, -0.25) is 10.1 Å². The largest absolute Gasteiger partial charge is 0.443 e. The summed E-state index contributed by atoms with van der Waals surface area (Å²) in [7, 11) is 1.62. The molecule has 0 fully saturated rings. The molecular formula is C10H15N4O3S2-. The van der Waals surface area contributed by atoms with E-state index in [9.17, 15) is 10.1 Å². The molecule has 0 amide bonds. The van der Waals surface area contributed by atoms with Crippen LogP contribution in [-0.2, 0) is 12.4 Å². The summed E-state index contributed by atoms with van der Waals surface area (Å²) in [4.78, 5) is 14.7. The lowest BCUT2D eigenvalue weighted by Crippen LogP contribution is -2.26. The van der Waals surface area contributed by atoms with Crippen LogP contribution in [0.1, 0.15) is 9.88 Å². The van der Waals surface area contributed by atoms with Crippen molar-refractivity contribution in [3.05, 3.63) is 38.2 Å². The molecule has 19 heavy (non-hydrogen) atoms. The summed E-state index contributed by atoms with van der Waals surface area (Å²) in [6, 6.07) is 0. The third-order valence-electron chi connectivity index (χ3n) is 1.98. The number of hydrogen-bond acceptors (Lipinski definition) is 8. The number of nitrogens with zero attached hydrogens (tertiary/aromatic N) is 2. The molecule has 0 saturated carbocycles. The van der Waals surface area contributed by atoms with Crippen LogP contribution in [0.25, 0.3) is 0 Å². The monoisotopic (exact) mass is 303 g/mol. The van der Waals surface area contributed by atoms with Gasteiger partial charge < -0.3 is 20.7 Å². The second-order valence-corrected chi connectivity index (χ2v) is 5.63. The number of nitrogens with one attached hydrogen (secondary N) is 2. The van der Waals surface area contributed by atoms with Gasteiger partial charge in [0.2, 0.25) is 0 Å². The van der Waals surface area contributed by atoms with Crippen LogP contribution in [0.5, 0.6) is 0 Å². The molecule has 1 heterocycles. The molecule has 0 atom stereocenters. The van der Waals surface area contributed by atoms with E-state index in [0.717, 1.165) is 22.6 Å². The van der Waals surface area contributed by atoms with Crippen molar-refractivity contribution in [2.75, 3.05) is 19.3 Å². The summed E-state index contributed by atoms with van der Waals surface area (Å²) in [5, 5.41) is 25.5. The summed E-state index contributed by atoms with van der Waals surface area (Å²) in [6.07, 6.45) is 3.75. The first-order chi connectivity index (χ1) is 9.15. The van der Waals surface area contributed by atoms with Gasteiger partial charge in [0, 0.05) is 31.7 Å². The van der Waals surface area contributed by atoms with Gasteiger partial charge in [-0.1, -0.05) is 4.88 Å². The highest BCUT2D eigenvalue weighted by Gasteiger charge is 1.99. The number of thioether (sulfide) groups is 1. The highest BCUT2D eigenvalue weighted by molar-refractivity contribution is 7.98. The van der Waals surface area contributed by atoms with Crippen molar-refractivity contribution >= 4 is 23.1 Å². The Labute approximate surface area is 119 Å². The SMILES string of the molecule is CNC(=C[N+](=O)[O-])NCCSCc1[c-]nc(CO)s1. The molecule has 0 unspecified atom stereocenters. The Kier molecular flexibility index (Phi) is 7.23. The normalized spacial score (nSPS) is 11.4. The van der Waals surface area contributed by atoms with Crippen molar-refractivity contribution in [2.24, 2.45) is 0 Å². The van der Waals surface area contributed by atoms with E-state index in [-0.39, 0.29) is 6.61 Å². The van der Waals surface area contributed by atoms with Crippen LogP contribution in [0.15, 0.2) is 12.0 Å². The summed E-state index contributed by atoms with van der Waals surface area (Å²) in [5.74, 6) is 1.96. The number of hydrogen-bond donors (Lipinski definition) is 3. The molecule has 0 radical (unpaired) electrons. The second kappa shape index (κ2) is 8.73. The van der Waals surface area contributed by atoms with Crippen molar-refractivity contribution in [3.8, 4) is 0 Å². The lowest BCUT2D eigenvalue weighted by Gasteiger charge is -2.07. The van der Waals surface area contributed by atoms with Crippen molar-refractivity contribution in [3.63, 3.8) is 0 Å². The van der Waals surface area contributed by atoms with Gasteiger partial charge in [0.1, 0.15) is 0 Å².